The van der Waals surface area contributed by atoms with Gasteiger partial charge in [-0.1, -0.05) is 38.7 Å². The number of alkyl halides is 3. The van der Waals surface area contributed by atoms with Gasteiger partial charge >= 0.3 is 13.1 Å². The van der Waals surface area contributed by atoms with E-state index in [9.17, 15) is 27.2 Å². The smallest absolute Gasteiger partial charge is 0.416 e. The maximum absolute atomic E-state index is 13.7. The van der Waals surface area contributed by atoms with Crippen molar-refractivity contribution in [3.8, 4) is 0 Å². The number of likely N-dealkylation sites (N-methyl/N-ethyl adjacent to an activating group) is 1. The lowest BCUT2D eigenvalue weighted by atomic mass is 9.85. The largest absolute Gasteiger partial charge is 0.433 e. The second-order valence-corrected chi connectivity index (χ2v) is 11.2. The van der Waals surface area contributed by atoms with Crippen molar-refractivity contribution < 1.29 is 27.0 Å². The zero-order valence-corrected chi connectivity index (χ0v) is 25.2. The van der Waals surface area contributed by atoms with Gasteiger partial charge in [0.1, 0.15) is 5.83 Å². The zero-order chi connectivity index (χ0) is 31.0. The molecule has 2 aliphatic rings. The van der Waals surface area contributed by atoms with Crippen LogP contribution in [0.2, 0.25) is 6.32 Å². The van der Waals surface area contributed by atoms with Crippen LogP contribution in [0.5, 0.6) is 0 Å². The number of amides is 1. The lowest BCUT2D eigenvalue weighted by Crippen LogP contribution is -2.43. The number of nitrogens with one attached hydrogen (secondary N) is 2. The number of nitrogens with zero attached hydrogens (tertiary/aromatic N) is 1. The quantitative estimate of drug-likeness (QED) is 0.200. The fraction of sp³-hybridized carbons (Fsp3) is 0.548. The normalized spacial score (nSPS) is 18.9. The van der Waals surface area contributed by atoms with Crippen molar-refractivity contribution in [2.45, 2.75) is 71.8 Å². The molecule has 2 unspecified atom stereocenters. The molecule has 3 rings (SSSR count). The summed E-state index contributed by atoms with van der Waals surface area (Å²) >= 11 is 0. The van der Waals surface area contributed by atoms with Gasteiger partial charge < -0.3 is 19.9 Å². The van der Waals surface area contributed by atoms with Gasteiger partial charge in [-0.05, 0) is 79.9 Å². The van der Waals surface area contributed by atoms with Crippen LogP contribution in [-0.2, 0) is 15.9 Å². The van der Waals surface area contributed by atoms with Crippen LogP contribution >= 0.6 is 0 Å². The van der Waals surface area contributed by atoms with E-state index in [-0.39, 0.29) is 42.8 Å². The lowest BCUT2D eigenvalue weighted by molar-refractivity contribution is -0.127. The molecule has 1 fully saturated rings. The van der Waals surface area contributed by atoms with Crippen molar-refractivity contribution >= 4 is 24.4 Å². The van der Waals surface area contributed by atoms with E-state index < -0.39 is 17.3 Å². The minimum absolute atomic E-state index is 0.000948. The van der Waals surface area contributed by atoms with Crippen LogP contribution in [0, 0.1) is 11.8 Å². The molecule has 1 aliphatic heterocycles. The Labute approximate surface area is 245 Å². The van der Waals surface area contributed by atoms with Crippen LogP contribution in [0.15, 0.2) is 46.2 Å². The zero-order valence-electron chi connectivity index (χ0n) is 25.2. The first kappa shape index (κ1) is 33.6. The first-order valence-electron chi connectivity index (χ1n) is 14.7. The van der Waals surface area contributed by atoms with Crippen molar-refractivity contribution in [1.29, 1.82) is 0 Å². The number of halogens is 4. The van der Waals surface area contributed by atoms with Crippen LogP contribution in [0.3, 0.4) is 0 Å². The first-order chi connectivity index (χ1) is 19.9. The van der Waals surface area contributed by atoms with Crippen LogP contribution in [0.25, 0.3) is 11.5 Å². The second kappa shape index (κ2) is 15.0. The molecule has 0 aromatic carbocycles. The summed E-state index contributed by atoms with van der Waals surface area (Å²) in [5, 5.41) is 3.72. The molecule has 2 N–H and O–H groups in total. The molecule has 0 spiro atoms. The molecule has 6 nitrogen and oxygen atoms in total. The Bertz CT molecular complexity index is 1400. The van der Waals surface area contributed by atoms with Crippen molar-refractivity contribution in [3.63, 3.8) is 0 Å². The highest BCUT2D eigenvalue weighted by molar-refractivity contribution is 6.88. The molecule has 11 heteroatoms. The summed E-state index contributed by atoms with van der Waals surface area (Å²) in [6.07, 6.45) is 4.20. The number of rotatable bonds is 13. The molecular weight excluding hydrogens is 549 g/mol. The molecule has 1 aromatic heterocycles. The monoisotopic (exact) mass is 591 g/mol. The Morgan fingerprint density at radius 1 is 1.26 bits per heavy atom. The molecular formula is C31H42BF4N3O3. The topological polar surface area (TPSA) is 74.4 Å². The minimum Gasteiger partial charge on any atom is -0.433 e. The Kier molecular flexibility index (Phi) is 12.0. The number of pyridine rings is 1. The predicted octanol–water partition coefficient (Wildman–Crippen LogP) is 4.57. The average molecular weight is 591 g/mol. The lowest BCUT2D eigenvalue weighted by Gasteiger charge is -2.24. The van der Waals surface area contributed by atoms with Crippen LogP contribution in [-0.4, -0.2) is 56.1 Å². The third-order valence-corrected chi connectivity index (χ3v) is 8.22. The van der Waals surface area contributed by atoms with Gasteiger partial charge in [-0.2, -0.15) is 13.2 Å². The maximum atomic E-state index is 13.7. The summed E-state index contributed by atoms with van der Waals surface area (Å²) < 4.78 is 59.7. The van der Waals surface area contributed by atoms with Gasteiger partial charge in [0, 0.05) is 37.2 Å². The van der Waals surface area contributed by atoms with Crippen LogP contribution in [0.4, 0.5) is 17.6 Å². The summed E-state index contributed by atoms with van der Waals surface area (Å²) in [6.45, 7) is 6.35. The van der Waals surface area contributed by atoms with E-state index in [4.69, 9.17) is 4.65 Å². The number of aromatic nitrogens is 1. The van der Waals surface area contributed by atoms with Gasteiger partial charge in [0.25, 0.3) is 5.56 Å². The Morgan fingerprint density at radius 3 is 2.57 bits per heavy atom. The molecule has 1 aliphatic carbocycles. The number of carbonyl (C=O) groups is 1. The van der Waals surface area contributed by atoms with E-state index in [0.29, 0.717) is 49.0 Å². The van der Waals surface area contributed by atoms with E-state index in [1.165, 1.54) is 6.08 Å². The molecule has 2 heterocycles. The molecule has 1 amide bonds. The fourth-order valence-electron chi connectivity index (χ4n) is 5.27. The van der Waals surface area contributed by atoms with Gasteiger partial charge in [-0.25, -0.2) is 4.39 Å². The highest BCUT2D eigenvalue weighted by Gasteiger charge is 2.37. The number of allylic oxidation sites excluding steroid dienone is 6. The number of hydrogen-bond acceptors (Lipinski definition) is 4. The first-order valence-corrected chi connectivity index (χ1v) is 14.7. The summed E-state index contributed by atoms with van der Waals surface area (Å²) in [6, 6.07) is 1.80. The predicted molar refractivity (Wildman–Crippen MR) is 160 cm³/mol. The molecule has 2 atom stereocenters. The summed E-state index contributed by atoms with van der Waals surface area (Å²) in [5.74, 6) is 0.170. The minimum atomic E-state index is -4.57. The van der Waals surface area contributed by atoms with Crippen molar-refractivity contribution in [3.05, 3.63) is 67.9 Å². The third kappa shape index (κ3) is 9.04. The number of carbonyl (C=O) groups excluding carboxylic acids is 1. The molecule has 42 heavy (non-hydrogen) atoms. The highest BCUT2D eigenvalue weighted by Crippen LogP contribution is 2.30. The van der Waals surface area contributed by atoms with E-state index in [1.807, 2.05) is 0 Å². The Balaban J connectivity index is 1.78. The van der Waals surface area contributed by atoms with E-state index in [0.717, 1.165) is 36.2 Å². The van der Waals surface area contributed by atoms with E-state index in [2.05, 4.69) is 24.1 Å². The number of aromatic amines is 1. The molecule has 230 valence electrons. The highest BCUT2D eigenvalue weighted by atomic mass is 19.4. The van der Waals surface area contributed by atoms with Crippen LogP contribution in [0.1, 0.15) is 58.6 Å². The van der Waals surface area contributed by atoms with Crippen molar-refractivity contribution in [2.24, 2.45) is 11.8 Å². The molecule has 1 aromatic rings. The standard InChI is InChI=1S/C31H42BF4N3O3/c1-6-8-22(31(34,35)36)16-27-26(28-18-32(28)42-5)17-24(38-30(27)41)15-21(20(3)7-2)13-14-37-19-29(40)39(4)25-11-9-23(33)10-12-25/h8-9,11,16-17,20-21,37H,6-7,10,12-15,18-19H2,1-5H3,(H,38,41)/b22-8?,27-16+,28-26?. The van der Waals surface area contributed by atoms with Gasteiger partial charge in [-0.15, -0.1) is 0 Å². The van der Waals surface area contributed by atoms with Gasteiger partial charge in [0.2, 0.25) is 5.91 Å². The summed E-state index contributed by atoms with van der Waals surface area (Å²) in [7, 11) is 3.23. The van der Waals surface area contributed by atoms with Gasteiger partial charge in [0.05, 0.1) is 12.1 Å². The SMILES string of the molecule is CCC=C(/C=c1\c(=C2CB2OC)cc(CC(CCNCC(=O)N(C)C2=CC=C(F)CC2)C(C)CC)[nH]c1=O)C(F)(F)F. The van der Waals surface area contributed by atoms with Gasteiger partial charge in [0.15, 0.2) is 0 Å². The average Bonchev–Trinajstić information content (AvgIpc) is 3.74. The number of hydrogen-bond donors (Lipinski definition) is 2. The van der Waals surface area contributed by atoms with Crippen molar-refractivity contribution in [2.75, 3.05) is 27.2 Å². The third-order valence-electron chi connectivity index (χ3n) is 8.22. The maximum Gasteiger partial charge on any atom is 0.416 e. The number of H-pyrrole nitrogens is 1. The second-order valence-electron chi connectivity index (χ2n) is 11.2. The summed E-state index contributed by atoms with van der Waals surface area (Å²) in [4.78, 5) is 30.2. The Morgan fingerprint density at radius 2 is 2.00 bits per heavy atom. The molecule has 0 saturated carbocycles. The van der Waals surface area contributed by atoms with Gasteiger partial charge in [-0.3, -0.25) is 9.59 Å². The molecule has 0 bridgehead atoms. The van der Waals surface area contributed by atoms with E-state index in [1.54, 1.807) is 38.1 Å². The molecule has 1 saturated heterocycles. The summed E-state index contributed by atoms with van der Waals surface area (Å²) in [5.41, 5.74) is 0.874. The van der Waals surface area contributed by atoms with Crippen LogP contribution < -0.4 is 21.3 Å². The molecule has 0 radical (unpaired) electrons. The Hall–Kier alpha value is -2.92. The van der Waals surface area contributed by atoms with Crippen molar-refractivity contribution in [1.82, 2.24) is 15.2 Å². The van der Waals surface area contributed by atoms with E-state index >= 15 is 0 Å². The fourth-order valence-corrected chi connectivity index (χ4v) is 5.27.